The molecule has 2 amide bonds. The van der Waals surface area contributed by atoms with E-state index in [1.165, 1.54) is 0 Å². The zero-order valence-corrected chi connectivity index (χ0v) is 18.7. The number of nitrogens with one attached hydrogen (secondary N) is 3. The molecule has 0 bridgehead atoms. The van der Waals surface area contributed by atoms with Crippen LogP contribution < -0.4 is 21.1 Å². The highest BCUT2D eigenvalue weighted by Crippen LogP contribution is 2.34. The van der Waals surface area contributed by atoms with Crippen LogP contribution in [0, 0.1) is 11.8 Å². The Morgan fingerprint density at radius 1 is 1.19 bits per heavy atom. The quantitative estimate of drug-likeness (QED) is 0.643. The molecular weight excluding hydrogens is 441 g/mol. The molecule has 10 heteroatoms. The average Bonchev–Trinajstić information content (AvgIpc) is 2.69. The van der Waals surface area contributed by atoms with Gasteiger partial charge in [-0.15, -0.1) is 0 Å². The van der Waals surface area contributed by atoms with Crippen molar-refractivity contribution in [3.8, 4) is 0 Å². The largest absolute Gasteiger partial charge is 0.342 e. The molecule has 1 aromatic heterocycles. The minimum atomic E-state index is -0.997. The summed E-state index contributed by atoms with van der Waals surface area (Å²) in [6.45, 7) is 5.83. The lowest BCUT2D eigenvalue weighted by molar-refractivity contribution is -0.123. The van der Waals surface area contributed by atoms with Crippen molar-refractivity contribution in [2.24, 2.45) is 11.8 Å². The Morgan fingerprint density at radius 2 is 1.90 bits per heavy atom. The summed E-state index contributed by atoms with van der Waals surface area (Å²) in [6, 6.07) is 4.84. The molecule has 1 aromatic carbocycles. The first-order chi connectivity index (χ1) is 14.7. The van der Waals surface area contributed by atoms with E-state index in [-0.39, 0.29) is 33.8 Å². The highest BCUT2D eigenvalue weighted by atomic mass is 35.5. The second-order valence-electron chi connectivity index (χ2n) is 8.40. The first-order valence-electron chi connectivity index (χ1n) is 10.2. The molecule has 0 spiro atoms. The van der Waals surface area contributed by atoms with E-state index in [0.29, 0.717) is 23.5 Å². The number of aromatic nitrogens is 2. The summed E-state index contributed by atoms with van der Waals surface area (Å²) in [7, 11) is 0. The van der Waals surface area contributed by atoms with Gasteiger partial charge in [-0.3, -0.25) is 19.4 Å². The van der Waals surface area contributed by atoms with E-state index in [2.05, 4.69) is 34.4 Å². The second-order valence-corrected chi connectivity index (χ2v) is 9.18. The number of anilines is 3. The van der Waals surface area contributed by atoms with Crippen molar-refractivity contribution in [3.63, 3.8) is 0 Å². The number of rotatable bonds is 3. The molecular formula is C21H23Cl2N5O3. The number of carbonyl (C=O) groups is 2. The molecule has 1 saturated heterocycles. The van der Waals surface area contributed by atoms with Gasteiger partial charge in [0.05, 0.1) is 27.2 Å². The van der Waals surface area contributed by atoms with E-state index < -0.39 is 17.4 Å². The fourth-order valence-electron chi connectivity index (χ4n) is 4.39. The topological polar surface area (TPSA) is 107 Å². The molecule has 0 radical (unpaired) electrons. The molecule has 0 unspecified atom stereocenters. The Morgan fingerprint density at radius 3 is 2.61 bits per heavy atom. The van der Waals surface area contributed by atoms with Crippen LogP contribution in [0.1, 0.15) is 38.2 Å². The number of halogens is 2. The Balaban J connectivity index is 1.66. The number of hydrogen-bond donors (Lipinski definition) is 3. The third-order valence-corrected chi connectivity index (χ3v) is 6.45. The van der Waals surface area contributed by atoms with Gasteiger partial charge in [0.2, 0.25) is 17.8 Å². The number of amides is 2. The van der Waals surface area contributed by atoms with Crippen LogP contribution in [0.15, 0.2) is 23.0 Å². The predicted molar refractivity (Wildman–Crippen MR) is 121 cm³/mol. The maximum Gasteiger partial charge on any atom is 0.258 e. The summed E-state index contributed by atoms with van der Waals surface area (Å²) in [5.41, 5.74) is 0.00401. The molecule has 3 N–H and O–H groups in total. The Kier molecular flexibility index (Phi) is 5.94. The minimum Gasteiger partial charge on any atom is -0.342 e. The predicted octanol–water partition coefficient (Wildman–Crippen LogP) is 3.62. The maximum atomic E-state index is 13.0. The molecule has 31 heavy (non-hydrogen) atoms. The van der Waals surface area contributed by atoms with Crippen molar-refractivity contribution in [2.45, 2.75) is 32.6 Å². The summed E-state index contributed by atoms with van der Waals surface area (Å²) in [6.07, 6.45) is 0.940. The van der Waals surface area contributed by atoms with Gasteiger partial charge in [0.25, 0.3) is 5.56 Å². The third-order valence-electron chi connectivity index (χ3n) is 5.63. The van der Waals surface area contributed by atoms with Gasteiger partial charge in [-0.1, -0.05) is 43.1 Å². The molecule has 2 aliphatic heterocycles. The molecule has 3 heterocycles. The number of piperidine rings is 1. The number of benzene rings is 1. The van der Waals surface area contributed by atoms with Gasteiger partial charge in [-0.05, 0) is 30.4 Å². The number of hydrogen-bond acceptors (Lipinski definition) is 5. The highest BCUT2D eigenvalue weighted by molar-refractivity contribution is 6.44. The van der Waals surface area contributed by atoms with Crippen LogP contribution in [0.3, 0.4) is 0 Å². The minimum absolute atomic E-state index is 0.123. The van der Waals surface area contributed by atoms with E-state index in [1.807, 2.05) is 4.90 Å². The first kappa shape index (κ1) is 21.6. The summed E-state index contributed by atoms with van der Waals surface area (Å²) in [4.78, 5) is 47.6. The van der Waals surface area contributed by atoms with Crippen molar-refractivity contribution in [1.29, 1.82) is 0 Å². The lowest BCUT2D eigenvalue weighted by atomic mass is 9.91. The van der Waals surface area contributed by atoms with Crippen LogP contribution in [-0.2, 0) is 9.59 Å². The molecule has 8 nitrogen and oxygen atoms in total. The molecule has 164 valence electrons. The van der Waals surface area contributed by atoms with Gasteiger partial charge in [0.1, 0.15) is 5.82 Å². The summed E-state index contributed by atoms with van der Waals surface area (Å²) in [5.74, 6) is -0.459. The van der Waals surface area contributed by atoms with Crippen LogP contribution >= 0.6 is 23.2 Å². The van der Waals surface area contributed by atoms with Gasteiger partial charge < -0.3 is 15.5 Å². The highest BCUT2D eigenvalue weighted by Gasteiger charge is 2.36. The number of carbonyl (C=O) groups excluding carboxylic acids is 2. The first-order valence-corrected chi connectivity index (χ1v) is 10.9. The number of H-pyrrole nitrogens is 1. The van der Waals surface area contributed by atoms with Crippen molar-refractivity contribution in [3.05, 3.63) is 44.2 Å². The molecule has 2 aliphatic rings. The number of fused-ring (bicyclic) bond motifs is 1. The van der Waals surface area contributed by atoms with Crippen LogP contribution in [0.2, 0.25) is 10.0 Å². The fourth-order valence-corrected chi connectivity index (χ4v) is 4.74. The van der Waals surface area contributed by atoms with Crippen molar-refractivity contribution < 1.29 is 9.59 Å². The summed E-state index contributed by atoms with van der Waals surface area (Å²) in [5, 5.41) is 5.80. The van der Waals surface area contributed by atoms with Gasteiger partial charge in [0.15, 0.2) is 0 Å². The number of nitrogens with zero attached hydrogens (tertiary/aromatic N) is 2. The van der Waals surface area contributed by atoms with Crippen molar-refractivity contribution in [1.82, 2.24) is 9.97 Å². The van der Waals surface area contributed by atoms with Crippen LogP contribution in [0.25, 0.3) is 0 Å². The average molecular weight is 464 g/mol. The molecule has 1 fully saturated rings. The Bertz CT molecular complexity index is 1090. The zero-order valence-electron chi connectivity index (χ0n) is 17.2. The number of aromatic amines is 1. The molecule has 2 aromatic rings. The van der Waals surface area contributed by atoms with Crippen molar-refractivity contribution in [2.75, 3.05) is 28.6 Å². The molecule has 3 atom stereocenters. The molecule has 4 rings (SSSR count). The zero-order chi connectivity index (χ0) is 22.3. The van der Waals surface area contributed by atoms with Gasteiger partial charge >= 0.3 is 0 Å². The van der Waals surface area contributed by atoms with E-state index in [9.17, 15) is 14.4 Å². The maximum absolute atomic E-state index is 13.0. The second kappa shape index (κ2) is 8.51. The van der Waals surface area contributed by atoms with Crippen molar-refractivity contribution >= 4 is 52.5 Å². The lowest BCUT2D eigenvalue weighted by Gasteiger charge is -2.35. The van der Waals surface area contributed by atoms with E-state index in [0.717, 1.165) is 19.5 Å². The van der Waals surface area contributed by atoms with Crippen LogP contribution in [0.4, 0.5) is 17.5 Å². The smallest absolute Gasteiger partial charge is 0.258 e. The van der Waals surface area contributed by atoms with Gasteiger partial charge in [-0.2, -0.15) is 4.98 Å². The van der Waals surface area contributed by atoms with Crippen LogP contribution in [-0.4, -0.2) is 34.9 Å². The molecule has 0 aliphatic carbocycles. The monoisotopic (exact) mass is 463 g/mol. The van der Waals surface area contributed by atoms with Gasteiger partial charge in [-0.25, -0.2) is 0 Å². The summed E-state index contributed by atoms with van der Waals surface area (Å²) >= 11 is 12.2. The summed E-state index contributed by atoms with van der Waals surface area (Å²) < 4.78 is 0. The fraction of sp³-hybridized carbons (Fsp3) is 0.429. The third kappa shape index (κ3) is 4.41. The van der Waals surface area contributed by atoms with E-state index in [1.54, 1.807) is 18.2 Å². The Labute approximate surface area is 189 Å². The Hall–Kier alpha value is -2.58. The normalized spacial score (nSPS) is 23.2. The molecule has 0 saturated carbocycles. The van der Waals surface area contributed by atoms with Gasteiger partial charge in [0, 0.05) is 19.5 Å². The standard InChI is InChI=1S/C21H23Cl2N5O3/c1-10-6-11(2)9-28(8-10)21-26-18-16(20(31)27-21)12(7-15(29)25-18)19(30)24-14-5-3-4-13(22)17(14)23/h3-5,10-12H,6-9H2,1-2H3,(H,24,30)(H2,25,26,27,29,31)/t10-,11-,12+/m1/s1. The SMILES string of the molecule is C[C@@H]1C[C@@H](C)CN(c2nc3c(c(=O)[nH]2)[C@@H](C(=O)Nc2cccc(Cl)c2Cl)CC(=O)N3)C1. The van der Waals surface area contributed by atoms with E-state index >= 15 is 0 Å². The van der Waals surface area contributed by atoms with Crippen LogP contribution in [0.5, 0.6) is 0 Å². The van der Waals surface area contributed by atoms with E-state index in [4.69, 9.17) is 23.2 Å². The lowest BCUT2D eigenvalue weighted by Crippen LogP contribution is -2.42.